The summed E-state index contributed by atoms with van der Waals surface area (Å²) in [6, 6.07) is 18.5. The fraction of sp³-hybridized carbons (Fsp3) is 0.150. The van der Waals surface area contributed by atoms with E-state index in [4.69, 9.17) is 10.00 Å². The highest BCUT2D eigenvalue weighted by molar-refractivity contribution is 5.91. The lowest BCUT2D eigenvalue weighted by atomic mass is 10.2. The van der Waals surface area contributed by atoms with Gasteiger partial charge in [0.15, 0.2) is 6.61 Å². The van der Waals surface area contributed by atoms with E-state index in [1.807, 2.05) is 44.2 Å². The van der Waals surface area contributed by atoms with Crippen LogP contribution in [-0.2, 0) is 4.79 Å². The average molecular weight is 346 g/mol. The van der Waals surface area contributed by atoms with Gasteiger partial charge < -0.3 is 10.1 Å². The number of aryl methyl sites for hydroxylation is 2. The molecule has 0 atom stereocenters. The maximum atomic E-state index is 12.3. The van der Waals surface area contributed by atoms with E-state index < -0.39 is 0 Å². The summed E-state index contributed by atoms with van der Waals surface area (Å²) >= 11 is 0. The van der Waals surface area contributed by atoms with E-state index in [9.17, 15) is 4.79 Å². The van der Waals surface area contributed by atoms with Crippen LogP contribution in [0.2, 0.25) is 0 Å². The Morgan fingerprint density at radius 1 is 1.19 bits per heavy atom. The smallest absolute Gasteiger partial charge is 0.263 e. The summed E-state index contributed by atoms with van der Waals surface area (Å²) in [6.07, 6.45) is 0. The van der Waals surface area contributed by atoms with Gasteiger partial charge >= 0.3 is 0 Å². The van der Waals surface area contributed by atoms with Gasteiger partial charge in [-0.3, -0.25) is 4.79 Å². The number of amides is 1. The predicted molar refractivity (Wildman–Crippen MR) is 98.3 cm³/mol. The first-order chi connectivity index (χ1) is 12.6. The van der Waals surface area contributed by atoms with E-state index in [0.717, 1.165) is 16.9 Å². The quantitative estimate of drug-likeness (QED) is 0.768. The summed E-state index contributed by atoms with van der Waals surface area (Å²) < 4.78 is 7.14. The summed E-state index contributed by atoms with van der Waals surface area (Å²) in [4.78, 5) is 12.3. The van der Waals surface area contributed by atoms with Gasteiger partial charge in [-0.1, -0.05) is 29.8 Å². The van der Waals surface area contributed by atoms with Gasteiger partial charge in [-0.2, -0.15) is 10.4 Å². The Hall–Kier alpha value is -3.59. The summed E-state index contributed by atoms with van der Waals surface area (Å²) in [5.41, 5.74) is 3.18. The molecule has 0 fully saturated rings. The number of ether oxygens (including phenoxy) is 1. The Labute approximate surface area is 151 Å². The normalized spacial score (nSPS) is 10.2. The van der Waals surface area contributed by atoms with E-state index in [1.165, 1.54) is 0 Å². The summed E-state index contributed by atoms with van der Waals surface area (Å²) in [6.45, 7) is 3.67. The molecular formula is C20H18N4O2. The molecule has 26 heavy (non-hydrogen) atoms. The number of anilines is 1. The molecule has 0 saturated heterocycles. The second-order valence-electron chi connectivity index (χ2n) is 5.86. The van der Waals surface area contributed by atoms with E-state index in [-0.39, 0.29) is 12.5 Å². The Morgan fingerprint density at radius 3 is 2.65 bits per heavy atom. The van der Waals surface area contributed by atoms with Gasteiger partial charge in [0.05, 0.1) is 16.9 Å². The molecule has 1 amide bonds. The molecule has 3 rings (SSSR count). The third-order valence-corrected chi connectivity index (χ3v) is 3.74. The molecule has 1 N–H and O–H groups in total. The Morgan fingerprint density at radius 2 is 1.92 bits per heavy atom. The molecule has 0 saturated carbocycles. The second kappa shape index (κ2) is 7.53. The third kappa shape index (κ3) is 3.90. The molecule has 2 aromatic carbocycles. The van der Waals surface area contributed by atoms with Gasteiger partial charge in [0.25, 0.3) is 5.91 Å². The van der Waals surface area contributed by atoms with Gasteiger partial charge in [-0.25, -0.2) is 4.68 Å². The number of aromatic nitrogens is 2. The summed E-state index contributed by atoms with van der Waals surface area (Å²) in [5.74, 6) is 0.618. The maximum absolute atomic E-state index is 12.3. The van der Waals surface area contributed by atoms with Crippen molar-refractivity contribution in [1.29, 1.82) is 5.26 Å². The minimum Gasteiger partial charge on any atom is -0.482 e. The van der Waals surface area contributed by atoms with Crippen molar-refractivity contribution in [3.63, 3.8) is 0 Å². The largest absolute Gasteiger partial charge is 0.482 e. The first kappa shape index (κ1) is 17.2. The van der Waals surface area contributed by atoms with Crippen LogP contribution < -0.4 is 10.1 Å². The summed E-state index contributed by atoms with van der Waals surface area (Å²) in [7, 11) is 0. The van der Waals surface area contributed by atoms with Crippen LogP contribution >= 0.6 is 0 Å². The Kier molecular flexibility index (Phi) is 4.99. The van der Waals surface area contributed by atoms with E-state index >= 15 is 0 Å². The molecule has 0 aliphatic heterocycles. The van der Waals surface area contributed by atoms with Crippen LogP contribution in [0, 0.1) is 25.2 Å². The molecule has 6 nitrogen and oxygen atoms in total. The van der Waals surface area contributed by atoms with Gasteiger partial charge in [0, 0.05) is 6.07 Å². The molecule has 3 aromatic rings. The number of carbonyl (C=O) groups excluding carboxylic acids is 1. The number of nitrogens with zero attached hydrogens (tertiary/aromatic N) is 3. The minimum absolute atomic E-state index is 0.198. The van der Waals surface area contributed by atoms with Crippen molar-refractivity contribution in [2.75, 3.05) is 11.9 Å². The standard InChI is InChI=1S/C20H18N4O2/c1-14-7-9-17(10-8-14)24-19(11-15(2)23-24)22-20(25)13-26-18-6-4-3-5-16(18)12-21/h3-11H,13H2,1-2H3,(H,22,25). The van der Waals surface area contributed by atoms with Crippen LogP contribution in [0.1, 0.15) is 16.8 Å². The van der Waals surface area contributed by atoms with E-state index in [0.29, 0.717) is 17.1 Å². The highest BCUT2D eigenvalue weighted by Crippen LogP contribution is 2.19. The van der Waals surface area contributed by atoms with Gasteiger partial charge in [-0.05, 0) is 38.1 Å². The van der Waals surface area contributed by atoms with Gasteiger partial charge in [0.2, 0.25) is 0 Å². The monoisotopic (exact) mass is 346 g/mol. The Bertz CT molecular complexity index is 968. The SMILES string of the molecule is Cc1ccc(-n2nc(C)cc2NC(=O)COc2ccccc2C#N)cc1. The number of carbonyl (C=O) groups is 1. The fourth-order valence-electron chi connectivity index (χ4n) is 2.48. The molecule has 1 aromatic heterocycles. The first-order valence-electron chi connectivity index (χ1n) is 8.12. The summed E-state index contributed by atoms with van der Waals surface area (Å²) in [5, 5.41) is 16.3. The van der Waals surface area contributed by atoms with Crippen LogP contribution in [0.3, 0.4) is 0 Å². The molecule has 6 heteroatoms. The first-order valence-corrected chi connectivity index (χ1v) is 8.12. The molecule has 0 aliphatic carbocycles. The van der Waals surface area contributed by atoms with Crippen molar-refractivity contribution in [2.24, 2.45) is 0 Å². The lowest BCUT2D eigenvalue weighted by molar-refractivity contribution is -0.118. The molecule has 130 valence electrons. The molecule has 0 spiro atoms. The molecule has 0 radical (unpaired) electrons. The van der Waals surface area contributed by atoms with Crippen molar-refractivity contribution >= 4 is 11.7 Å². The van der Waals surface area contributed by atoms with Crippen LogP contribution in [0.4, 0.5) is 5.82 Å². The zero-order valence-electron chi connectivity index (χ0n) is 14.6. The molecule has 1 heterocycles. The zero-order chi connectivity index (χ0) is 18.5. The van der Waals surface area contributed by atoms with Crippen molar-refractivity contribution in [1.82, 2.24) is 9.78 Å². The Balaban J connectivity index is 1.72. The topological polar surface area (TPSA) is 79.9 Å². The van der Waals surface area contributed by atoms with Crippen LogP contribution in [0.5, 0.6) is 5.75 Å². The van der Waals surface area contributed by atoms with Crippen LogP contribution in [0.15, 0.2) is 54.6 Å². The number of hydrogen-bond acceptors (Lipinski definition) is 4. The second-order valence-corrected chi connectivity index (χ2v) is 5.86. The number of para-hydroxylation sites is 1. The lowest BCUT2D eigenvalue weighted by Gasteiger charge is -2.10. The van der Waals surface area contributed by atoms with Gasteiger partial charge in [0.1, 0.15) is 17.6 Å². The molecule has 0 aliphatic rings. The molecule has 0 unspecified atom stereocenters. The minimum atomic E-state index is -0.328. The van der Waals surface area contributed by atoms with E-state index in [2.05, 4.69) is 10.4 Å². The third-order valence-electron chi connectivity index (χ3n) is 3.74. The van der Waals surface area contributed by atoms with E-state index in [1.54, 1.807) is 35.0 Å². The lowest BCUT2D eigenvalue weighted by Crippen LogP contribution is -2.22. The number of nitrogens with one attached hydrogen (secondary N) is 1. The van der Waals surface area contributed by atoms with Crippen molar-refractivity contribution in [3.05, 3.63) is 71.4 Å². The number of rotatable bonds is 5. The zero-order valence-corrected chi connectivity index (χ0v) is 14.6. The average Bonchev–Trinajstić information content (AvgIpc) is 3.01. The number of benzene rings is 2. The highest BCUT2D eigenvalue weighted by atomic mass is 16.5. The maximum Gasteiger partial charge on any atom is 0.263 e. The number of nitriles is 1. The van der Waals surface area contributed by atoms with Crippen molar-refractivity contribution in [3.8, 4) is 17.5 Å². The number of hydrogen-bond donors (Lipinski definition) is 1. The van der Waals surface area contributed by atoms with Crippen molar-refractivity contribution in [2.45, 2.75) is 13.8 Å². The van der Waals surface area contributed by atoms with Crippen molar-refractivity contribution < 1.29 is 9.53 Å². The van der Waals surface area contributed by atoms with Crippen LogP contribution in [-0.4, -0.2) is 22.3 Å². The van der Waals surface area contributed by atoms with Gasteiger partial charge in [-0.15, -0.1) is 0 Å². The highest BCUT2D eigenvalue weighted by Gasteiger charge is 2.12. The predicted octanol–water partition coefficient (Wildman–Crippen LogP) is 3.38. The molecule has 0 bridgehead atoms. The fourth-order valence-corrected chi connectivity index (χ4v) is 2.48. The van der Waals surface area contributed by atoms with Crippen LogP contribution in [0.25, 0.3) is 5.69 Å². The molecular weight excluding hydrogens is 328 g/mol.